The van der Waals surface area contributed by atoms with E-state index in [1.165, 1.54) is 25.5 Å². The number of carbonyl (C=O) groups excluding carboxylic acids is 1. The summed E-state index contributed by atoms with van der Waals surface area (Å²) in [7, 11) is 0. The number of hydrogen-bond donors (Lipinski definition) is 3. The van der Waals surface area contributed by atoms with Crippen molar-refractivity contribution in [3.8, 4) is 0 Å². The summed E-state index contributed by atoms with van der Waals surface area (Å²) >= 11 is 0. The molecule has 0 unspecified atom stereocenters. The van der Waals surface area contributed by atoms with Crippen molar-refractivity contribution < 1.29 is 4.79 Å². The molecule has 0 spiro atoms. The molecule has 1 aliphatic carbocycles. The van der Waals surface area contributed by atoms with E-state index in [1.807, 2.05) is 0 Å². The fourth-order valence-corrected chi connectivity index (χ4v) is 1.71. The molecular formula is C12H18N4O. The fraction of sp³-hybridized carbons (Fsp3) is 0.500. The molecule has 1 aromatic rings. The second-order valence-electron chi connectivity index (χ2n) is 4.42. The Morgan fingerprint density at radius 1 is 1.47 bits per heavy atom. The lowest BCUT2D eigenvalue weighted by atomic mass is 10.2. The Labute approximate surface area is 101 Å². The summed E-state index contributed by atoms with van der Waals surface area (Å²) in [6, 6.07) is 3.39. The van der Waals surface area contributed by atoms with Crippen molar-refractivity contribution in [3.63, 3.8) is 0 Å². The van der Waals surface area contributed by atoms with Gasteiger partial charge in [0.2, 0.25) is 0 Å². The minimum Gasteiger partial charge on any atom is -0.352 e. The van der Waals surface area contributed by atoms with Crippen molar-refractivity contribution in [2.45, 2.75) is 25.7 Å². The van der Waals surface area contributed by atoms with E-state index >= 15 is 0 Å². The summed E-state index contributed by atoms with van der Waals surface area (Å²) in [6.45, 7) is 0.742. The standard InChI is InChI=1S/C12H18N4O/c13-16-11-6-5-10(8-15-11)12(17)14-7-1-2-9-3-4-9/h5-6,8-9H,1-4,7,13H2,(H,14,17)(H,15,16). The largest absolute Gasteiger partial charge is 0.352 e. The van der Waals surface area contributed by atoms with Crippen LogP contribution in [0.25, 0.3) is 0 Å². The number of hydrazine groups is 1. The highest BCUT2D eigenvalue weighted by Gasteiger charge is 2.20. The lowest BCUT2D eigenvalue weighted by molar-refractivity contribution is 0.0952. The average Bonchev–Trinajstić information content (AvgIpc) is 3.18. The van der Waals surface area contributed by atoms with E-state index in [0.29, 0.717) is 11.4 Å². The summed E-state index contributed by atoms with van der Waals surface area (Å²) in [5.41, 5.74) is 2.99. The highest BCUT2D eigenvalue weighted by molar-refractivity contribution is 5.93. The number of pyridine rings is 1. The van der Waals surface area contributed by atoms with Crippen LogP contribution in [0.4, 0.5) is 5.82 Å². The van der Waals surface area contributed by atoms with Crippen molar-refractivity contribution >= 4 is 11.7 Å². The number of hydrogen-bond acceptors (Lipinski definition) is 4. The molecule has 0 atom stereocenters. The molecule has 92 valence electrons. The van der Waals surface area contributed by atoms with Gasteiger partial charge in [0.15, 0.2) is 0 Å². The molecule has 2 rings (SSSR count). The van der Waals surface area contributed by atoms with Crippen molar-refractivity contribution in [2.24, 2.45) is 11.8 Å². The Kier molecular flexibility index (Phi) is 3.93. The van der Waals surface area contributed by atoms with Gasteiger partial charge in [-0.05, 0) is 30.9 Å². The van der Waals surface area contributed by atoms with E-state index in [-0.39, 0.29) is 5.91 Å². The van der Waals surface area contributed by atoms with Gasteiger partial charge < -0.3 is 10.7 Å². The highest BCUT2D eigenvalue weighted by atomic mass is 16.1. The normalized spacial score (nSPS) is 14.4. The zero-order valence-electron chi connectivity index (χ0n) is 9.78. The molecule has 0 saturated heterocycles. The third kappa shape index (κ3) is 3.71. The van der Waals surface area contributed by atoms with Crippen LogP contribution >= 0.6 is 0 Å². The molecule has 5 nitrogen and oxygen atoms in total. The molecule has 1 amide bonds. The summed E-state index contributed by atoms with van der Waals surface area (Å²) in [4.78, 5) is 15.7. The molecule has 1 aliphatic rings. The predicted octanol–water partition coefficient (Wildman–Crippen LogP) is 1.29. The first kappa shape index (κ1) is 11.9. The maximum absolute atomic E-state index is 11.7. The van der Waals surface area contributed by atoms with Gasteiger partial charge in [-0.25, -0.2) is 10.8 Å². The first-order chi connectivity index (χ1) is 8.29. The van der Waals surface area contributed by atoms with Crippen molar-refractivity contribution in [2.75, 3.05) is 12.0 Å². The van der Waals surface area contributed by atoms with Crippen molar-refractivity contribution in [1.29, 1.82) is 0 Å². The van der Waals surface area contributed by atoms with Crippen LogP contribution < -0.4 is 16.6 Å². The van der Waals surface area contributed by atoms with Crippen molar-refractivity contribution in [1.82, 2.24) is 10.3 Å². The predicted molar refractivity (Wildman–Crippen MR) is 66.3 cm³/mol. The lowest BCUT2D eigenvalue weighted by Crippen LogP contribution is -2.24. The van der Waals surface area contributed by atoms with Gasteiger partial charge in [0.05, 0.1) is 5.56 Å². The third-order valence-corrected chi connectivity index (χ3v) is 2.95. The summed E-state index contributed by atoms with van der Waals surface area (Å²) < 4.78 is 0. The summed E-state index contributed by atoms with van der Waals surface area (Å²) in [5.74, 6) is 6.59. The number of anilines is 1. The average molecular weight is 234 g/mol. The van der Waals surface area contributed by atoms with Crippen LogP contribution in [0.5, 0.6) is 0 Å². The number of nitrogen functional groups attached to an aromatic ring is 1. The Morgan fingerprint density at radius 3 is 2.88 bits per heavy atom. The molecule has 0 radical (unpaired) electrons. The number of aromatic nitrogens is 1. The van der Waals surface area contributed by atoms with Crippen LogP contribution in [-0.4, -0.2) is 17.4 Å². The second-order valence-corrected chi connectivity index (χ2v) is 4.42. The van der Waals surface area contributed by atoms with E-state index in [4.69, 9.17) is 5.84 Å². The zero-order chi connectivity index (χ0) is 12.1. The fourth-order valence-electron chi connectivity index (χ4n) is 1.71. The quantitative estimate of drug-likeness (QED) is 0.393. The third-order valence-electron chi connectivity index (χ3n) is 2.95. The molecular weight excluding hydrogens is 216 g/mol. The molecule has 1 aromatic heterocycles. The molecule has 4 N–H and O–H groups in total. The number of nitrogens with zero attached hydrogens (tertiary/aromatic N) is 1. The lowest BCUT2D eigenvalue weighted by Gasteiger charge is -2.05. The maximum Gasteiger partial charge on any atom is 0.252 e. The van der Waals surface area contributed by atoms with Crippen LogP contribution in [0.2, 0.25) is 0 Å². The molecule has 5 heteroatoms. The van der Waals surface area contributed by atoms with E-state index in [9.17, 15) is 4.79 Å². The van der Waals surface area contributed by atoms with Gasteiger partial charge in [0.1, 0.15) is 5.82 Å². The first-order valence-electron chi connectivity index (χ1n) is 6.00. The molecule has 1 saturated carbocycles. The van der Waals surface area contributed by atoms with E-state index in [2.05, 4.69) is 15.7 Å². The maximum atomic E-state index is 11.7. The number of rotatable bonds is 6. The number of nitrogens with one attached hydrogen (secondary N) is 2. The molecule has 17 heavy (non-hydrogen) atoms. The van der Waals surface area contributed by atoms with Crippen LogP contribution in [-0.2, 0) is 0 Å². The van der Waals surface area contributed by atoms with Gasteiger partial charge in [0, 0.05) is 12.7 Å². The van der Waals surface area contributed by atoms with E-state index in [1.54, 1.807) is 12.1 Å². The van der Waals surface area contributed by atoms with Crippen LogP contribution in [0.1, 0.15) is 36.0 Å². The zero-order valence-corrected chi connectivity index (χ0v) is 9.78. The molecule has 0 bridgehead atoms. The van der Waals surface area contributed by atoms with Gasteiger partial charge in [0.25, 0.3) is 5.91 Å². The Balaban J connectivity index is 1.73. The minimum absolute atomic E-state index is 0.0723. The Bertz CT molecular complexity index is 373. The molecule has 1 heterocycles. The number of nitrogens with two attached hydrogens (primary N) is 1. The Hall–Kier alpha value is -1.62. The van der Waals surface area contributed by atoms with Crippen LogP contribution in [0.3, 0.4) is 0 Å². The van der Waals surface area contributed by atoms with Crippen molar-refractivity contribution in [3.05, 3.63) is 23.9 Å². The van der Waals surface area contributed by atoms with Crippen LogP contribution in [0.15, 0.2) is 18.3 Å². The minimum atomic E-state index is -0.0723. The molecule has 1 fully saturated rings. The highest BCUT2D eigenvalue weighted by Crippen LogP contribution is 2.33. The first-order valence-corrected chi connectivity index (χ1v) is 6.00. The summed E-state index contributed by atoms with van der Waals surface area (Å²) in [5, 5.41) is 2.89. The smallest absolute Gasteiger partial charge is 0.252 e. The number of amides is 1. The SMILES string of the molecule is NNc1ccc(C(=O)NCCCC2CC2)cn1. The molecule has 0 aliphatic heterocycles. The summed E-state index contributed by atoms with van der Waals surface area (Å²) in [6.07, 6.45) is 6.54. The van der Waals surface area contributed by atoms with Gasteiger partial charge in [-0.2, -0.15) is 0 Å². The van der Waals surface area contributed by atoms with Crippen LogP contribution in [0, 0.1) is 5.92 Å². The van der Waals surface area contributed by atoms with Gasteiger partial charge in [-0.1, -0.05) is 12.8 Å². The Morgan fingerprint density at radius 2 is 2.29 bits per heavy atom. The van der Waals surface area contributed by atoms with E-state index in [0.717, 1.165) is 18.9 Å². The van der Waals surface area contributed by atoms with E-state index < -0.39 is 0 Å². The van der Waals surface area contributed by atoms with Gasteiger partial charge in [-0.15, -0.1) is 0 Å². The van der Waals surface area contributed by atoms with Gasteiger partial charge >= 0.3 is 0 Å². The molecule has 0 aromatic carbocycles. The second kappa shape index (κ2) is 5.63. The topological polar surface area (TPSA) is 80.0 Å². The monoisotopic (exact) mass is 234 g/mol. The van der Waals surface area contributed by atoms with Gasteiger partial charge in [-0.3, -0.25) is 4.79 Å². The number of carbonyl (C=O) groups is 1.